The first-order valence-electron chi connectivity index (χ1n) is 9.21. The Hall–Kier alpha value is -2.57. The average Bonchev–Trinajstić information content (AvgIpc) is 2.69. The maximum absolute atomic E-state index is 12.5. The van der Waals surface area contributed by atoms with Crippen molar-refractivity contribution in [2.45, 2.75) is 18.9 Å². The molecule has 0 bridgehead atoms. The molecule has 0 spiro atoms. The van der Waals surface area contributed by atoms with Gasteiger partial charge in [-0.1, -0.05) is 54.6 Å². The molecule has 1 aliphatic heterocycles. The summed E-state index contributed by atoms with van der Waals surface area (Å²) in [5, 5.41) is 11.1. The molecular weight excluding hydrogens is 344 g/mol. The molecule has 0 aromatic heterocycles. The Labute approximate surface area is 158 Å². The molecule has 1 unspecified atom stereocenters. The molecule has 0 radical (unpaired) electrons. The highest BCUT2D eigenvalue weighted by molar-refractivity contribution is 5.96. The van der Waals surface area contributed by atoms with E-state index in [1.165, 1.54) is 0 Å². The first kappa shape index (κ1) is 19.2. The second-order valence-corrected chi connectivity index (χ2v) is 6.84. The van der Waals surface area contributed by atoms with E-state index in [0.29, 0.717) is 5.56 Å². The predicted octanol–water partition coefficient (Wildman–Crippen LogP) is 3.15. The molecule has 1 atom stereocenters. The highest BCUT2D eigenvalue weighted by atomic mass is 16.6. The Morgan fingerprint density at radius 3 is 2.37 bits per heavy atom. The molecule has 1 fully saturated rings. The second kappa shape index (κ2) is 9.39. The lowest BCUT2D eigenvalue weighted by Crippen LogP contribution is -2.35. The number of carbonyl (C=O) groups excluding carboxylic acids is 1. The first-order valence-corrected chi connectivity index (χ1v) is 9.21. The zero-order valence-corrected chi connectivity index (χ0v) is 15.3. The van der Waals surface area contributed by atoms with Crippen molar-refractivity contribution in [3.8, 4) is 0 Å². The van der Waals surface area contributed by atoms with Crippen molar-refractivity contribution in [1.82, 2.24) is 4.90 Å². The van der Waals surface area contributed by atoms with Crippen LogP contribution in [0.5, 0.6) is 0 Å². The minimum absolute atomic E-state index is 0.0696. The average molecular weight is 368 g/mol. The number of carbonyl (C=O) groups is 1. The van der Waals surface area contributed by atoms with Crippen molar-refractivity contribution in [2.24, 2.45) is 0 Å². The third-order valence-corrected chi connectivity index (χ3v) is 4.86. The van der Waals surface area contributed by atoms with Crippen molar-refractivity contribution >= 4 is 5.78 Å². The number of morpholine rings is 1. The summed E-state index contributed by atoms with van der Waals surface area (Å²) in [6, 6.07) is 16.8. The van der Waals surface area contributed by atoms with Crippen LogP contribution >= 0.6 is 0 Å². The van der Waals surface area contributed by atoms with E-state index in [1.54, 1.807) is 24.3 Å². The molecule has 6 heteroatoms. The number of Topliss-reactive ketones (excluding diaryl/α,β-unsaturated/α-hetero) is 1. The Bertz CT molecular complexity index is 756. The van der Waals surface area contributed by atoms with E-state index in [4.69, 9.17) is 4.74 Å². The quantitative estimate of drug-likeness (QED) is 0.407. The van der Waals surface area contributed by atoms with Crippen LogP contribution < -0.4 is 0 Å². The van der Waals surface area contributed by atoms with Crippen LogP contribution in [0.1, 0.15) is 33.8 Å². The molecule has 0 saturated carbocycles. The van der Waals surface area contributed by atoms with Crippen molar-refractivity contribution < 1.29 is 14.5 Å². The van der Waals surface area contributed by atoms with Crippen LogP contribution in [0.3, 0.4) is 0 Å². The topological polar surface area (TPSA) is 72.7 Å². The van der Waals surface area contributed by atoms with Crippen LogP contribution in [0.2, 0.25) is 0 Å². The van der Waals surface area contributed by atoms with Gasteiger partial charge >= 0.3 is 0 Å². The summed E-state index contributed by atoms with van der Waals surface area (Å²) < 4.78 is 5.36. The van der Waals surface area contributed by atoms with Gasteiger partial charge in [-0.3, -0.25) is 19.8 Å². The zero-order valence-electron chi connectivity index (χ0n) is 15.3. The molecule has 142 valence electrons. The summed E-state index contributed by atoms with van der Waals surface area (Å²) in [5.41, 5.74) is 2.59. The summed E-state index contributed by atoms with van der Waals surface area (Å²) in [6.07, 6.45) is 0.133. The zero-order chi connectivity index (χ0) is 19.1. The van der Waals surface area contributed by atoms with E-state index >= 15 is 0 Å². The number of nitrogens with zero attached hydrogens (tertiary/aromatic N) is 2. The van der Waals surface area contributed by atoms with Gasteiger partial charge in [0, 0.05) is 36.5 Å². The van der Waals surface area contributed by atoms with E-state index in [0.717, 1.165) is 44.0 Å². The lowest BCUT2D eigenvalue weighted by molar-refractivity contribution is -0.483. The lowest BCUT2D eigenvalue weighted by Gasteiger charge is -2.26. The van der Waals surface area contributed by atoms with Gasteiger partial charge in [-0.25, -0.2) is 0 Å². The molecule has 0 N–H and O–H groups in total. The van der Waals surface area contributed by atoms with Crippen LogP contribution in [-0.4, -0.2) is 48.5 Å². The van der Waals surface area contributed by atoms with Gasteiger partial charge in [0.05, 0.1) is 19.1 Å². The minimum atomic E-state index is -0.426. The van der Waals surface area contributed by atoms with Gasteiger partial charge in [0.25, 0.3) is 0 Å². The first-order chi connectivity index (χ1) is 13.1. The number of ketones is 1. The highest BCUT2D eigenvalue weighted by Gasteiger charge is 2.22. The summed E-state index contributed by atoms with van der Waals surface area (Å²) in [7, 11) is 0. The van der Waals surface area contributed by atoms with E-state index in [9.17, 15) is 14.9 Å². The summed E-state index contributed by atoms with van der Waals surface area (Å²) in [4.78, 5) is 25.6. The number of hydrogen-bond donors (Lipinski definition) is 0. The van der Waals surface area contributed by atoms with Gasteiger partial charge in [-0.15, -0.1) is 0 Å². The number of hydrogen-bond acceptors (Lipinski definition) is 5. The van der Waals surface area contributed by atoms with Gasteiger partial charge in [0.15, 0.2) is 5.78 Å². The normalized spacial score (nSPS) is 16.0. The van der Waals surface area contributed by atoms with Crippen molar-refractivity contribution in [1.29, 1.82) is 0 Å². The van der Waals surface area contributed by atoms with Crippen LogP contribution in [0.15, 0.2) is 54.6 Å². The standard InChI is InChI=1S/C21H24N2O4/c24-21(19-4-2-1-3-5-19)14-20(16-23(25)26)18-8-6-17(7-9-18)15-22-10-12-27-13-11-22/h1-9,20H,10-16H2. The van der Waals surface area contributed by atoms with Gasteiger partial charge in [0.2, 0.25) is 6.54 Å². The van der Waals surface area contributed by atoms with E-state index in [1.807, 2.05) is 30.3 Å². The maximum Gasteiger partial charge on any atom is 0.211 e. The van der Waals surface area contributed by atoms with Crippen molar-refractivity contribution in [3.05, 3.63) is 81.4 Å². The molecule has 27 heavy (non-hydrogen) atoms. The molecule has 1 aliphatic rings. The largest absolute Gasteiger partial charge is 0.379 e. The molecule has 6 nitrogen and oxygen atoms in total. The molecular formula is C21H24N2O4. The lowest BCUT2D eigenvalue weighted by atomic mass is 9.91. The molecule has 1 saturated heterocycles. The molecule has 1 heterocycles. The summed E-state index contributed by atoms with van der Waals surface area (Å²) in [5.74, 6) is -0.495. The summed E-state index contributed by atoms with van der Waals surface area (Å²) in [6.45, 7) is 3.93. The van der Waals surface area contributed by atoms with Crippen LogP contribution in [0, 0.1) is 10.1 Å². The molecule has 2 aromatic carbocycles. The second-order valence-electron chi connectivity index (χ2n) is 6.84. The smallest absolute Gasteiger partial charge is 0.211 e. The molecule has 3 rings (SSSR count). The fraction of sp³-hybridized carbons (Fsp3) is 0.381. The van der Waals surface area contributed by atoms with Gasteiger partial charge < -0.3 is 4.74 Å². The van der Waals surface area contributed by atoms with Crippen LogP contribution in [0.4, 0.5) is 0 Å². The Kier molecular flexibility index (Phi) is 6.68. The van der Waals surface area contributed by atoms with Gasteiger partial charge in [-0.05, 0) is 11.1 Å². The van der Waals surface area contributed by atoms with Crippen molar-refractivity contribution in [3.63, 3.8) is 0 Å². The number of ether oxygens (including phenoxy) is 1. The minimum Gasteiger partial charge on any atom is -0.379 e. The van der Waals surface area contributed by atoms with E-state index in [-0.39, 0.29) is 23.7 Å². The Morgan fingerprint density at radius 1 is 1.07 bits per heavy atom. The predicted molar refractivity (Wildman–Crippen MR) is 103 cm³/mol. The highest BCUT2D eigenvalue weighted by Crippen LogP contribution is 2.23. The van der Waals surface area contributed by atoms with E-state index < -0.39 is 5.92 Å². The Balaban J connectivity index is 1.68. The molecule has 0 amide bonds. The monoisotopic (exact) mass is 368 g/mol. The van der Waals surface area contributed by atoms with E-state index in [2.05, 4.69) is 4.90 Å². The third kappa shape index (κ3) is 5.70. The van der Waals surface area contributed by atoms with Crippen LogP contribution in [0.25, 0.3) is 0 Å². The van der Waals surface area contributed by atoms with Crippen LogP contribution in [-0.2, 0) is 11.3 Å². The molecule has 0 aliphatic carbocycles. The number of benzene rings is 2. The van der Waals surface area contributed by atoms with Gasteiger partial charge in [0.1, 0.15) is 0 Å². The maximum atomic E-state index is 12.5. The Morgan fingerprint density at radius 2 is 1.74 bits per heavy atom. The summed E-state index contributed by atoms with van der Waals surface area (Å²) >= 11 is 0. The SMILES string of the molecule is O=C(CC(C[N+](=O)[O-])c1ccc(CN2CCOCC2)cc1)c1ccccc1. The number of rotatable bonds is 8. The van der Waals surface area contributed by atoms with Gasteiger partial charge in [-0.2, -0.15) is 0 Å². The molecule has 2 aromatic rings. The number of nitro groups is 1. The van der Waals surface area contributed by atoms with Crippen molar-refractivity contribution in [2.75, 3.05) is 32.8 Å². The fourth-order valence-electron chi connectivity index (χ4n) is 3.35. The third-order valence-electron chi connectivity index (χ3n) is 4.86. The fourth-order valence-corrected chi connectivity index (χ4v) is 3.35.